The number of nitrogens with zero attached hydrogens (tertiary/aromatic N) is 4. The second-order valence-corrected chi connectivity index (χ2v) is 5.36. The van der Waals surface area contributed by atoms with Crippen molar-refractivity contribution in [1.29, 1.82) is 0 Å². The van der Waals surface area contributed by atoms with Crippen LogP contribution in [0.5, 0.6) is 0 Å². The Bertz CT molecular complexity index is 383. The van der Waals surface area contributed by atoms with Crippen LogP contribution in [-0.2, 0) is 0 Å². The first-order valence-corrected chi connectivity index (χ1v) is 7.26. The molecule has 6 heteroatoms. The first-order valence-electron chi connectivity index (χ1n) is 6.88. The van der Waals surface area contributed by atoms with Gasteiger partial charge in [0.15, 0.2) is 0 Å². The first kappa shape index (κ1) is 16.0. The number of unbranched alkanes of at least 4 members (excludes halogenated alkanes) is 3. The third kappa shape index (κ3) is 6.05. The molecule has 0 amide bonds. The molecule has 108 valence electrons. The summed E-state index contributed by atoms with van der Waals surface area (Å²) in [6, 6.07) is 0.338. The molecule has 1 unspecified atom stereocenters. The second-order valence-electron chi connectivity index (χ2n) is 5.02. The molecule has 0 saturated heterocycles. The molecule has 1 atom stereocenters. The van der Waals surface area contributed by atoms with E-state index in [-0.39, 0.29) is 5.28 Å². The van der Waals surface area contributed by atoms with E-state index in [0.29, 0.717) is 17.9 Å². The van der Waals surface area contributed by atoms with E-state index in [1.807, 2.05) is 19.0 Å². The molecular weight excluding hydrogens is 262 g/mol. The summed E-state index contributed by atoms with van der Waals surface area (Å²) in [6.45, 7) is 4.36. The van der Waals surface area contributed by atoms with Gasteiger partial charge in [-0.15, -0.1) is 0 Å². The molecule has 1 rings (SSSR count). The smallest absolute Gasteiger partial charge is 0.230 e. The Morgan fingerprint density at radius 3 is 2.53 bits per heavy atom. The molecule has 19 heavy (non-hydrogen) atoms. The fraction of sp³-hybridized carbons (Fsp3) is 0.769. The van der Waals surface area contributed by atoms with Crippen molar-refractivity contribution in [3.8, 4) is 0 Å². The zero-order valence-electron chi connectivity index (χ0n) is 12.3. The van der Waals surface area contributed by atoms with Crippen LogP contribution in [0.25, 0.3) is 0 Å². The zero-order valence-corrected chi connectivity index (χ0v) is 13.0. The molecule has 0 fully saturated rings. The number of rotatable bonds is 8. The monoisotopic (exact) mass is 285 g/mol. The maximum Gasteiger partial charge on any atom is 0.230 e. The lowest BCUT2D eigenvalue weighted by Gasteiger charge is -2.15. The topological polar surface area (TPSA) is 53.9 Å². The van der Waals surface area contributed by atoms with Gasteiger partial charge in [0, 0.05) is 20.1 Å². The van der Waals surface area contributed by atoms with Gasteiger partial charge >= 0.3 is 0 Å². The summed E-state index contributed by atoms with van der Waals surface area (Å²) in [7, 11) is 3.76. The number of hydrogen-bond acceptors (Lipinski definition) is 5. The Morgan fingerprint density at radius 1 is 1.16 bits per heavy atom. The van der Waals surface area contributed by atoms with Gasteiger partial charge < -0.3 is 10.2 Å². The summed E-state index contributed by atoms with van der Waals surface area (Å²) in [5.41, 5.74) is 0. The molecule has 5 nitrogen and oxygen atoms in total. The molecule has 0 bridgehead atoms. The van der Waals surface area contributed by atoms with E-state index >= 15 is 0 Å². The zero-order chi connectivity index (χ0) is 14.3. The molecule has 0 saturated carbocycles. The van der Waals surface area contributed by atoms with E-state index in [4.69, 9.17) is 11.6 Å². The Labute approximate surface area is 120 Å². The Kier molecular flexibility index (Phi) is 6.84. The molecule has 0 radical (unpaired) electrons. The Morgan fingerprint density at radius 2 is 1.89 bits per heavy atom. The van der Waals surface area contributed by atoms with Crippen molar-refractivity contribution >= 4 is 23.5 Å². The van der Waals surface area contributed by atoms with Crippen LogP contribution in [0.1, 0.15) is 46.0 Å². The second kappa shape index (κ2) is 8.15. The molecule has 0 aromatic carbocycles. The van der Waals surface area contributed by atoms with Gasteiger partial charge in [-0.25, -0.2) is 0 Å². The van der Waals surface area contributed by atoms with E-state index in [1.54, 1.807) is 0 Å². The summed E-state index contributed by atoms with van der Waals surface area (Å²) in [5, 5.41) is 3.50. The number of hydrogen-bond donors (Lipinski definition) is 1. The van der Waals surface area contributed by atoms with Gasteiger partial charge in [0.05, 0.1) is 0 Å². The van der Waals surface area contributed by atoms with Crippen LogP contribution in [0, 0.1) is 0 Å². The van der Waals surface area contributed by atoms with Crippen molar-refractivity contribution in [2.45, 2.75) is 52.0 Å². The van der Waals surface area contributed by atoms with Crippen LogP contribution in [0.15, 0.2) is 0 Å². The predicted octanol–water partition coefficient (Wildman–Crippen LogP) is 3.36. The van der Waals surface area contributed by atoms with E-state index in [2.05, 4.69) is 34.1 Å². The molecule has 1 N–H and O–H groups in total. The van der Waals surface area contributed by atoms with Gasteiger partial charge in [0.2, 0.25) is 17.2 Å². The summed E-state index contributed by atoms with van der Waals surface area (Å²) in [4.78, 5) is 14.3. The molecule has 1 aromatic rings. The molecule has 0 aliphatic rings. The highest BCUT2D eigenvalue weighted by Crippen LogP contribution is 2.14. The molecule has 1 heterocycles. The lowest BCUT2D eigenvalue weighted by atomic mass is 10.1. The van der Waals surface area contributed by atoms with Crippen molar-refractivity contribution in [3.63, 3.8) is 0 Å². The average Bonchev–Trinajstić information content (AvgIpc) is 2.34. The first-order chi connectivity index (χ1) is 9.02. The van der Waals surface area contributed by atoms with E-state index < -0.39 is 0 Å². The number of nitrogens with one attached hydrogen (secondary N) is 1. The van der Waals surface area contributed by atoms with E-state index in [9.17, 15) is 0 Å². The average molecular weight is 286 g/mol. The maximum absolute atomic E-state index is 5.89. The lowest BCUT2D eigenvalue weighted by Crippen LogP contribution is -2.20. The van der Waals surface area contributed by atoms with Crippen molar-refractivity contribution in [2.75, 3.05) is 24.3 Å². The third-order valence-corrected chi connectivity index (χ3v) is 3.03. The van der Waals surface area contributed by atoms with Gasteiger partial charge in [-0.05, 0) is 24.9 Å². The minimum atomic E-state index is 0.222. The largest absolute Gasteiger partial charge is 0.352 e. The Hall–Kier alpha value is -1.10. The van der Waals surface area contributed by atoms with Crippen LogP contribution >= 0.6 is 11.6 Å². The molecule has 1 aromatic heterocycles. The lowest BCUT2D eigenvalue weighted by molar-refractivity contribution is 0.591. The normalized spacial score (nSPS) is 12.3. The van der Waals surface area contributed by atoms with E-state index in [1.165, 1.54) is 25.7 Å². The highest BCUT2D eigenvalue weighted by atomic mass is 35.5. The van der Waals surface area contributed by atoms with E-state index in [0.717, 1.165) is 6.42 Å². The summed E-state index contributed by atoms with van der Waals surface area (Å²) in [5.74, 6) is 1.12. The van der Waals surface area contributed by atoms with Gasteiger partial charge in [-0.2, -0.15) is 15.0 Å². The fourth-order valence-electron chi connectivity index (χ4n) is 1.77. The van der Waals surface area contributed by atoms with Crippen molar-refractivity contribution in [2.24, 2.45) is 0 Å². The molecule has 0 aliphatic heterocycles. The third-order valence-electron chi connectivity index (χ3n) is 2.86. The molecular formula is C13H24ClN5. The number of anilines is 2. The van der Waals surface area contributed by atoms with Gasteiger partial charge in [-0.1, -0.05) is 32.6 Å². The predicted molar refractivity (Wildman–Crippen MR) is 81.0 cm³/mol. The van der Waals surface area contributed by atoms with Crippen molar-refractivity contribution in [1.82, 2.24) is 15.0 Å². The quantitative estimate of drug-likeness (QED) is 0.742. The van der Waals surface area contributed by atoms with Gasteiger partial charge in [-0.3, -0.25) is 0 Å². The van der Waals surface area contributed by atoms with Crippen LogP contribution in [0.3, 0.4) is 0 Å². The number of halogens is 1. The standard InChI is InChI=1S/C13H24ClN5/c1-5-6-7-8-9-10(2)15-12-16-11(14)17-13(18-12)19(3)4/h10H,5-9H2,1-4H3,(H,15,16,17,18). The van der Waals surface area contributed by atoms with Crippen LogP contribution in [0.2, 0.25) is 5.28 Å². The summed E-state index contributed by atoms with van der Waals surface area (Å²) in [6.07, 6.45) is 6.18. The van der Waals surface area contributed by atoms with Gasteiger partial charge in [0.1, 0.15) is 0 Å². The minimum absolute atomic E-state index is 0.222. The Balaban J connectivity index is 2.51. The molecule has 0 spiro atoms. The van der Waals surface area contributed by atoms with Crippen LogP contribution in [0.4, 0.5) is 11.9 Å². The van der Waals surface area contributed by atoms with Crippen molar-refractivity contribution < 1.29 is 0 Å². The number of aromatic nitrogens is 3. The summed E-state index contributed by atoms with van der Waals surface area (Å²) < 4.78 is 0. The molecule has 0 aliphatic carbocycles. The highest BCUT2D eigenvalue weighted by molar-refractivity contribution is 6.28. The maximum atomic E-state index is 5.89. The highest BCUT2D eigenvalue weighted by Gasteiger charge is 2.09. The summed E-state index contributed by atoms with van der Waals surface area (Å²) >= 11 is 5.89. The minimum Gasteiger partial charge on any atom is -0.352 e. The fourth-order valence-corrected chi connectivity index (χ4v) is 1.93. The van der Waals surface area contributed by atoms with Gasteiger partial charge in [0.25, 0.3) is 0 Å². The SMILES string of the molecule is CCCCCCC(C)Nc1nc(Cl)nc(N(C)C)n1. The van der Waals surface area contributed by atoms with Crippen molar-refractivity contribution in [3.05, 3.63) is 5.28 Å². The van der Waals surface area contributed by atoms with Crippen LogP contribution < -0.4 is 10.2 Å². The van der Waals surface area contributed by atoms with Crippen LogP contribution in [-0.4, -0.2) is 35.1 Å².